The lowest BCUT2D eigenvalue weighted by molar-refractivity contribution is -0.281. The Morgan fingerprint density at radius 3 is 2.52 bits per heavy atom. The predicted molar refractivity (Wildman–Crippen MR) is 109 cm³/mol. The van der Waals surface area contributed by atoms with Crippen molar-refractivity contribution in [2.24, 2.45) is 35.0 Å². The molecule has 6 rings (SSSR count). The van der Waals surface area contributed by atoms with Crippen LogP contribution >= 0.6 is 12.4 Å². The summed E-state index contributed by atoms with van der Waals surface area (Å²) in [5, 5.41) is 35.6. The second kappa shape index (κ2) is 6.31. The molecule has 6 nitrogen and oxygen atoms in total. The Bertz CT molecular complexity index is 696. The van der Waals surface area contributed by atoms with Gasteiger partial charge in [0.1, 0.15) is 0 Å². The number of ether oxygens (including phenoxy) is 2. The minimum absolute atomic E-state index is 0. The van der Waals surface area contributed by atoms with E-state index in [1.807, 2.05) is 0 Å². The van der Waals surface area contributed by atoms with E-state index < -0.39 is 17.3 Å². The highest BCUT2D eigenvalue weighted by atomic mass is 35.5. The van der Waals surface area contributed by atoms with Crippen LogP contribution in [0.1, 0.15) is 39.0 Å². The zero-order valence-electron chi connectivity index (χ0n) is 17.7. The minimum atomic E-state index is -0.843. The van der Waals surface area contributed by atoms with Crippen molar-refractivity contribution in [3.05, 3.63) is 0 Å². The molecular formula is C22H36ClNO5. The average Bonchev–Trinajstić information content (AvgIpc) is 3.16. The topological polar surface area (TPSA) is 82.4 Å². The largest absolute Gasteiger partial charge is 0.392 e. The van der Waals surface area contributed by atoms with Crippen LogP contribution in [0.15, 0.2) is 0 Å². The zero-order valence-corrected chi connectivity index (χ0v) is 18.5. The van der Waals surface area contributed by atoms with Gasteiger partial charge in [-0.2, -0.15) is 0 Å². The molecule has 1 saturated heterocycles. The lowest BCUT2D eigenvalue weighted by atomic mass is 9.45. The van der Waals surface area contributed by atoms with Crippen molar-refractivity contribution in [1.29, 1.82) is 0 Å². The summed E-state index contributed by atoms with van der Waals surface area (Å²) >= 11 is 0. The summed E-state index contributed by atoms with van der Waals surface area (Å²) in [5.41, 5.74) is -1.90. The van der Waals surface area contributed by atoms with Crippen molar-refractivity contribution in [3.8, 4) is 0 Å². The monoisotopic (exact) mass is 429 g/mol. The zero-order chi connectivity index (χ0) is 19.6. The first-order valence-corrected chi connectivity index (χ1v) is 11.3. The number of methoxy groups -OCH3 is 2. The number of likely N-dealkylation sites (tertiary alicyclic amines) is 1. The standard InChI is InChI=1S/C22H35NO5.ClH/c1-4-23-10-20(25)6-5-16(24)22-12-7-11-14(27-2)9-21(26,17(12)18(11)28-3)13(19(22)23)8-15(20)22;/h11-19,24-26H,4-10H2,1-3H3;1H/t11-,12-,13?,14+,15-,16+,17-,18+,19+,20-,21+,22?;/m1./s1. The summed E-state index contributed by atoms with van der Waals surface area (Å²) in [6.07, 6.45) is 3.31. The first-order chi connectivity index (χ1) is 13.4. The van der Waals surface area contributed by atoms with Crippen LogP contribution in [-0.4, -0.2) is 83.1 Å². The Balaban J connectivity index is 0.00000181. The van der Waals surface area contributed by atoms with Gasteiger partial charge in [0.25, 0.3) is 0 Å². The SMILES string of the molecule is CCN1C[C@]2(O)CC[C@H](O)C34[C@@H]5C[C@H]6[C@H](OC)[C@@H]5[C@](O)(C[C@@H]6OC)C(C[C@@H]32)[C@H]14.Cl. The molecule has 166 valence electrons. The third-order valence-corrected chi connectivity index (χ3v) is 10.5. The van der Waals surface area contributed by atoms with Crippen LogP contribution in [0.4, 0.5) is 0 Å². The molecule has 1 aliphatic heterocycles. The van der Waals surface area contributed by atoms with Crippen molar-refractivity contribution in [2.75, 3.05) is 27.3 Å². The van der Waals surface area contributed by atoms with Gasteiger partial charge in [0, 0.05) is 56.4 Å². The fraction of sp³-hybridized carbons (Fsp3) is 1.00. The summed E-state index contributed by atoms with van der Waals surface area (Å²) in [6, 6.07) is 0.149. The van der Waals surface area contributed by atoms with Crippen molar-refractivity contribution in [1.82, 2.24) is 4.90 Å². The molecule has 2 unspecified atom stereocenters. The van der Waals surface area contributed by atoms with E-state index in [1.54, 1.807) is 14.2 Å². The van der Waals surface area contributed by atoms with Gasteiger partial charge in [-0.05, 0) is 44.1 Å². The van der Waals surface area contributed by atoms with Crippen LogP contribution in [0.2, 0.25) is 0 Å². The number of aliphatic hydroxyl groups is 3. The molecule has 6 fully saturated rings. The molecule has 0 aromatic rings. The molecule has 7 bridgehead atoms. The van der Waals surface area contributed by atoms with Crippen LogP contribution in [0.3, 0.4) is 0 Å². The lowest BCUT2D eigenvalue weighted by Crippen LogP contribution is -2.77. The molecule has 7 heteroatoms. The van der Waals surface area contributed by atoms with Gasteiger partial charge < -0.3 is 24.8 Å². The number of hydrogen-bond acceptors (Lipinski definition) is 6. The van der Waals surface area contributed by atoms with Crippen LogP contribution in [0.25, 0.3) is 0 Å². The van der Waals surface area contributed by atoms with Crippen LogP contribution in [0.5, 0.6) is 0 Å². The Morgan fingerprint density at radius 1 is 1.10 bits per heavy atom. The van der Waals surface area contributed by atoms with Crippen LogP contribution in [0, 0.1) is 35.0 Å². The average molecular weight is 430 g/mol. The maximum atomic E-state index is 12.3. The highest BCUT2D eigenvalue weighted by molar-refractivity contribution is 5.85. The number of halogens is 1. The summed E-state index contributed by atoms with van der Waals surface area (Å²) < 4.78 is 11.9. The van der Waals surface area contributed by atoms with E-state index in [4.69, 9.17) is 9.47 Å². The Morgan fingerprint density at radius 2 is 1.86 bits per heavy atom. The van der Waals surface area contributed by atoms with Crippen LogP contribution in [-0.2, 0) is 9.47 Å². The fourth-order valence-corrected chi connectivity index (χ4v) is 9.96. The van der Waals surface area contributed by atoms with E-state index in [2.05, 4.69) is 11.8 Å². The maximum Gasteiger partial charge on any atom is 0.0810 e. The van der Waals surface area contributed by atoms with E-state index >= 15 is 0 Å². The van der Waals surface area contributed by atoms with Crippen molar-refractivity contribution in [3.63, 3.8) is 0 Å². The number of likely N-dealkylation sites (N-methyl/N-ethyl adjacent to an activating group) is 1. The van der Waals surface area contributed by atoms with Gasteiger partial charge in [0.05, 0.1) is 29.5 Å². The van der Waals surface area contributed by atoms with Gasteiger partial charge in [0.15, 0.2) is 0 Å². The molecule has 5 aliphatic carbocycles. The van der Waals surface area contributed by atoms with E-state index in [1.165, 1.54) is 0 Å². The number of β-amino-alcohol motifs (C(OH)–C–C–N with tert-alkyl or cyclic N) is 1. The van der Waals surface area contributed by atoms with E-state index in [0.717, 1.165) is 19.4 Å². The molecule has 29 heavy (non-hydrogen) atoms. The quantitative estimate of drug-likeness (QED) is 0.622. The molecule has 1 spiro atoms. The second-order valence-corrected chi connectivity index (χ2v) is 10.8. The minimum Gasteiger partial charge on any atom is -0.392 e. The van der Waals surface area contributed by atoms with Gasteiger partial charge in [-0.15, -0.1) is 12.4 Å². The third-order valence-electron chi connectivity index (χ3n) is 10.5. The number of aliphatic hydroxyl groups excluding tert-OH is 1. The molecule has 0 amide bonds. The first-order valence-electron chi connectivity index (χ1n) is 11.3. The van der Waals surface area contributed by atoms with Gasteiger partial charge in [-0.3, -0.25) is 4.90 Å². The van der Waals surface area contributed by atoms with E-state index in [0.29, 0.717) is 25.8 Å². The van der Waals surface area contributed by atoms with Gasteiger partial charge >= 0.3 is 0 Å². The lowest BCUT2D eigenvalue weighted by Gasteiger charge is -2.68. The summed E-state index contributed by atoms with van der Waals surface area (Å²) in [5.74, 6) is 0.622. The summed E-state index contributed by atoms with van der Waals surface area (Å²) in [4.78, 5) is 2.40. The number of nitrogens with zero attached hydrogens (tertiary/aromatic N) is 1. The fourth-order valence-electron chi connectivity index (χ4n) is 9.96. The molecule has 1 heterocycles. The molecule has 5 saturated carbocycles. The molecule has 12 atom stereocenters. The maximum absolute atomic E-state index is 12.3. The Kier molecular flexibility index (Phi) is 4.55. The number of rotatable bonds is 3. The van der Waals surface area contributed by atoms with Crippen molar-refractivity contribution < 1.29 is 24.8 Å². The third kappa shape index (κ3) is 2.06. The Labute approximate surface area is 179 Å². The van der Waals surface area contributed by atoms with Crippen molar-refractivity contribution >= 4 is 12.4 Å². The molecule has 0 aromatic heterocycles. The highest BCUT2D eigenvalue weighted by Crippen LogP contribution is 2.77. The molecular weight excluding hydrogens is 394 g/mol. The van der Waals surface area contributed by atoms with Crippen LogP contribution < -0.4 is 0 Å². The van der Waals surface area contributed by atoms with Gasteiger partial charge in [-0.25, -0.2) is 0 Å². The normalized spacial score (nSPS) is 62.1. The van der Waals surface area contributed by atoms with E-state index in [-0.39, 0.29) is 65.7 Å². The predicted octanol–water partition coefficient (Wildman–Crippen LogP) is 1.05. The molecule has 0 radical (unpaired) electrons. The highest BCUT2D eigenvalue weighted by Gasteiger charge is 2.83. The van der Waals surface area contributed by atoms with Gasteiger partial charge in [-0.1, -0.05) is 6.92 Å². The summed E-state index contributed by atoms with van der Waals surface area (Å²) in [6.45, 7) is 3.69. The number of piperidine rings is 1. The smallest absolute Gasteiger partial charge is 0.0810 e. The molecule has 3 N–H and O–H groups in total. The molecule has 6 aliphatic rings. The van der Waals surface area contributed by atoms with Crippen molar-refractivity contribution in [2.45, 2.75) is 74.6 Å². The first kappa shape index (κ1) is 20.9. The number of fused-ring (bicyclic) bond motifs is 2. The van der Waals surface area contributed by atoms with E-state index in [9.17, 15) is 15.3 Å². The molecule has 0 aromatic carbocycles. The summed E-state index contributed by atoms with van der Waals surface area (Å²) in [7, 11) is 3.52. The second-order valence-electron chi connectivity index (χ2n) is 10.8. The van der Waals surface area contributed by atoms with Gasteiger partial charge in [0.2, 0.25) is 0 Å². The Hall–Kier alpha value is 0.0500. The number of hydrogen-bond donors (Lipinski definition) is 3.